The standard InChI is InChI=1S/C30H58/c1-4-6-8-10-12-14-15-16-17-18-19-20-21-23-25-27-29-30(3)28-26-24-22-13-11-9-7-5-2/h13,22,30H,1-2,4-12,14-21,23-29H2,3H3/b22-13+. The summed E-state index contributed by atoms with van der Waals surface area (Å²) in [5.74, 6) is 0.924. The lowest BCUT2D eigenvalue weighted by Crippen LogP contribution is -1.94. The second kappa shape index (κ2) is 26.8. The molecule has 0 aromatic heterocycles. The molecule has 2 radical (unpaired) electrons. The van der Waals surface area contributed by atoms with Crippen LogP contribution >= 0.6 is 0 Å². The third-order valence-electron chi connectivity index (χ3n) is 6.55. The van der Waals surface area contributed by atoms with Crippen LogP contribution in [0, 0.1) is 19.8 Å². The molecule has 178 valence electrons. The highest BCUT2D eigenvalue weighted by Gasteiger charge is 2.01. The molecule has 0 aromatic rings. The summed E-state index contributed by atoms with van der Waals surface area (Å²) >= 11 is 0. The van der Waals surface area contributed by atoms with Crippen molar-refractivity contribution in [2.24, 2.45) is 5.92 Å². The predicted octanol–water partition coefficient (Wildman–Crippen LogP) is 11.2. The van der Waals surface area contributed by atoms with Gasteiger partial charge in [-0.1, -0.05) is 161 Å². The van der Waals surface area contributed by atoms with Crippen molar-refractivity contribution in [2.75, 3.05) is 0 Å². The molecular weight excluding hydrogens is 360 g/mol. The normalized spacial score (nSPS) is 12.8. The molecule has 0 rings (SSSR count). The summed E-state index contributed by atoms with van der Waals surface area (Å²) < 4.78 is 0. The van der Waals surface area contributed by atoms with Crippen molar-refractivity contribution in [3.05, 3.63) is 26.0 Å². The number of unbranched alkanes of at least 4 members (excludes halogenated alkanes) is 19. The summed E-state index contributed by atoms with van der Waals surface area (Å²) in [6.45, 7) is 10.3. The SMILES string of the molecule is [CH2]CCCC/C=C/CCCC(C)CCCCCCCCCCCCCCCCC[CH2]. The van der Waals surface area contributed by atoms with E-state index in [1.807, 2.05) is 0 Å². The fourth-order valence-corrected chi connectivity index (χ4v) is 4.37. The van der Waals surface area contributed by atoms with Gasteiger partial charge in [0.05, 0.1) is 0 Å². The lowest BCUT2D eigenvalue weighted by atomic mass is 9.96. The van der Waals surface area contributed by atoms with Crippen LogP contribution in [0.5, 0.6) is 0 Å². The van der Waals surface area contributed by atoms with Crippen molar-refractivity contribution < 1.29 is 0 Å². The van der Waals surface area contributed by atoms with E-state index in [0.717, 1.165) is 18.8 Å². The first-order valence-electron chi connectivity index (χ1n) is 14.0. The highest BCUT2D eigenvalue weighted by molar-refractivity contribution is 4.81. The van der Waals surface area contributed by atoms with E-state index in [0.29, 0.717) is 0 Å². The Bertz CT molecular complexity index is 316. The molecule has 0 heteroatoms. The highest BCUT2D eigenvalue weighted by atomic mass is 14.1. The molecule has 0 aliphatic rings. The van der Waals surface area contributed by atoms with Gasteiger partial charge in [0, 0.05) is 0 Å². The first-order valence-corrected chi connectivity index (χ1v) is 14.0. The van der Waals surface area contributed by atoms with E-state index in [4.69, 9.17) is 0 Å². The first kappa shape index (κ1) is 29.7. The molecule has 0 fully saturated rings. The molecule has 0 saturated heterocycles. The number of hydrogen-bond acceptors (Lipinski definition) is 0. The lowest BCUT2D eigenvalue weighted by molar-refractivity contribution is 0.443. The Morgan fingerprint density at radius 2 is 0.767 bits per heavy atom. The zero-order chi connectivity index (χ0) is 22.0. The molecule has 0 bridgehead atoms. The maximum Gasteiger partial charge on any atom is -0.0351 e. The number of rotatable bonds is 25. The fraction of sp³-hybridized carbons (Fsp3) is 0.867. The molecule has 0 nitrogen and oxygen atoms in total. The largest absolute Gasteiger partial charge is 0.0885 e. The molecule has 0 N–H and O–H groups in total. The van der Waals surface area contributed by atoms with Crippen molar-refractivity contribution in [3.8, 4) is 0 Å². The van der Waals surface area contributed by atoms with E-state index in [1.54, 1.807) is 0 Å². The van der Waals surface area contributed by atoms with Gasteiger partial charge in [-0.2, -0.15) is 0 Å². The smallest absolute Gasteiger partial charge is 0.0351 e. The lowest BCUT2D eigenvalue weighted by Gasteiger charge is -2.10. The van der Waals surface area contributed by atoms with Crippen molar-refractivity contribution in [1.29, 1.82) is 0 Å². The van der Waals surface area contributed by atoms with Crippen molar-refractivity contribution in [3.63, 3.8) is 0 Å². The van der Waals surface area contributed by atoms with Gasteiger partial charge in [-0.15, -0.1) is 0 Å². The zero-order valence-corrected chi connectivity index (χ0v) is 21.1. The van der Waals surface area contributed by atoms with Gasteiger partial charge in [-0.3, -0.25) is 0 Å². The van der Waals surface area contributed by atoms with Crippen molar-refractivity contribution in [2.45, 2.75) is 161 Å². The maximum absolute atomic E-state index is 3.92. The van der Waals surface area contributed by atoms with Crippen LogP contribution in [0.3, 0.4) is 0 Å². The first-order chi connectivity index (χ1) is 14.8. The van der Waals surface area contributed by atoms with Gasteiger partial charge in [0.1, 0.15) is 0 Å². The van der Waals surface area contributed by atoms with Gasteiger partial charge in [-0.25, -0.2) is 0 Å². The molecule has 0 saturated carbocycles. The van der Waals surface area contributed by atoms with E-state index in [-0.39, 0.29) is 0 Å². The average molecular weight is 419 g/mol. The minimum atomic E-state index is 0.924. The van der Waals surface area contributed by atoms with Crippen LogP contribution in [0.4, 0.5) is 0 Å². The molecular formula is C30H58. The Balaban J connectivity index is 3.16. The molecule has 1 atom stereocenters. The second-order valence-corrected chi connectivity index (χ2v) is 9.80. The van der Waals surface area contributed by atoms with Crippen LogP contribution in [-0.4, -0.2) is 0 Å². The molecule has 0 amide bonds. The van der Waals surface area contributed by atoms with Crippen molar-refractivity contribution in [1.82, 2.24) is 0 Å². The van der Waals surface area contributed by atoms with Crippen LogP contribution in [0.2, 0.25) is 0 Å². The van der Waals surface area contributed by atoms with Gasteiger partial charge < -0.3 is 0 Å². The summed E-state index contributed by atoms with van der Waals surface area (Å²) in [7, 11) is 0. The topological polar surface area (TPSA) is 0 Å². The molecule has 0 heterocycles. The van der Waals surface area contributed by atoms with E-state index in [2.05, 4.69) is 32.9 Å². The molecule has 30 heavy (non-hydrogen) atoms. The van der Waals surface area contributed by atoms with Crippen LogP contribution in [0.25, 0.3) is 0 Å². The van der Waals surface area contributed by atoms with E-state index >= 15 is 0 Å². The van der Waals surface area contributed by atoms with Crippen molar-refractivity contribution >= 4 is 0 Å². The monoisotopic (exact) mass is 418 g/mol. The summed E-state index contributed by atoms with van der Waals surface area (Å²) in [5, 5.41) is 0. The predicted molar refractivity (Wildman–Crippen MR) is 140 cm³/mol. The Kier molecular flexibility index (Phi) is 26.5. The van der Waals surface area contributed by atoms with Gasteiger partial charge in [0.2, 0.25) is 0 Å². The Morgan fingerprint density at radius 1 is 0.433 bits per heavy atom. The summed E-state index contributed by atoms with van der Waals surface area (Å²) in [6, 6.07) is 0. The summed E-state index contributed by atoms with van der Waals surface area (Å²) in [6.07, 6.45) is 38.1. The van der Waals surface area contributed by atoms with E-state index in [1.165, 1.54) is 141 Å². The van der Waals surface area contributed by atoms with E-state index < -0.39 is 0 Å². The van der Waals surface area contributed by atoms with Crippen LogP contribution in [0.15, 0.2) is 12.2 Å². The number of hydrogen-bond donors (Lipinski definition) is 0. The molecule has 0 aliphatic heterocycles. The third kappa shape index (κ3) is 25.8. The Labute approximate surface area is 193 Å². The molecule has 0 aromatic carbocycles. The second-order valence-electron chi connectivity index (χ2n) is 9.80. The molecule has 0 spiro atoms. The third-order valence-corrected chi connectivity index (χ3v) is 6.55. The van der Waals surface area contributed by atoms with Gasteiger partial charge >= 0.3 is 0 Å². The minimum Gasteiger partial charge on any atom is -0.0885 e. The fourth-order valence-electron chi connectivity index (χ4n) is 4.37. The summed E-state index contributed by atoms with van der Waals surface area (Å²) in [5.41, 5.74) is 0. The zero-order valence-electron chi connectivity index (χ0n) is 21.1. The maximum atomic E-state index is 3.92. The Hall–Kier alpha value is -0.260. The highest BCUT2D eigenvalue weighted by Crippen LogP contribution is 2.18. The van der Waals surface area contributed by atoms with Crippen LogP contribution in [-0.2, 0) is 0 Å². The molecule has 0 aliphatic carbocycles. The van der Waals surface area contributed by atoms with Crippen LogP contribution in [0.1, 0.15) is 161 Å². The van der Waals surface area contributed by atoms with Gasteiger partial charge in [0.15, 0.2) is 0 Å². The molecule has 1 unspecified atom stereocenters. The van der Waals surface area contributed by atoms with Gasteiger partial charge in [-0.05, 0) is 31.6 Å². The Morgan fingerprint density at radius 3 is 1.23 bits per heavy atom. The average Bonchev–Trinajstić information content (AvgIpc) is 2.75. The quantitative estimate of drug-likeness (QED) is 0.102. The summed E-state index contributed by atoms with van der Waals surface area (Å²) in [4.78, 5) is 0. The number of allylic oxidation sites excluding steroid dienone is 2. The van der Waals surface area contributed by atoms with E-state index in [9.17, 15) is 0 Å². The minimum absolute atomic E-state index is 0.924. The van der Waals surface area contributed by atoms with Gasteiger partial charge in [0.25, 0.3) is 0 Å². The van der Waals surface area contributed by atoms with Crippen LogP contribution < -0.4 is 0 Å².